The van der Waals surface area contributed by atoms with Crippen LogP contribution >= 0.6 is 0 Å². The van der Waals surface area contributed by atoms with Crippen molar-refractivity contribution in [2.24, 2.45) is 0 Å². The van der Waals surface area contributed by atoms with Crippen LogP contribution in [-0.4, -0.2) is 57.4 Å². The number of anilines is 2. The molecule has 3 aliphatic heterocycles. The highest BCUT2D eigenvalue weighted by molar-refractivity contribution is 6.25. The lowest BCUT2D eigenvalue weighted by atomic mass is 10.1. The van der Waals surface area contributed by atoms with Crippen molar-refractivity contribution in [3.63, 3.8) is 0 Å². The quantitative estimate of drug-likeness (QED) is 0.344. The van der Waals surface area contributed by atoms with Crippen molar-refractivity contribution in [2.75, 3.05) is 16.8 Å². The Morgan fingerprint density at radius 1 is 1.02 bits per heavy atom. The number of carbonyl (C=O) groups excluding carboxylic acids is 3. The molecule has 0 aliphatic carbocycles. The molecule has 0 spiro atoms. The van der Waals surface area contributed by atoms with Crippen molar-refractivity contribution in [2.45, 2.75) is 36.9 Å². The van der Waals surface area contributed by atoms with Crippen LogP contribution in [-0.2, 0) is 17.1 Å². The summed E-state index contributed by atoms with van der Waals surface area (Å²) in [6.45, 7) is -0.0827. The zero-order chi connectivity index (χ0) is 29.4. The molecule has 3 aromatic rings. The first kappa shape index (κ1) is 26.4. The predicted molar refractivity (Wildman–Crippen MR) is 129 cm³/mol. The summed E-state index contributed by atoms with van der Waals surface area (Å²) in [7, 11) is 0. The minimum atomic E-state index is -5.10. The number of halogens is 6. The second-order valence-electron chi connectivity index (χ2n) is 9.79. The Balaban J connectivity index is 1.29. The number of nitriles is 1. The molecule has 15 heteroatoms. The number of benzene rings is 2. The summed E-state index contributed by atoms with van der Waals surface area (Å²) < 4.78 is 79.5. The maximum absolute atomic E-state index is 13.6. The molecular weight excluding hydrogens is 558 g/mol. The Bertz CT molecular complexity index is 1650. The first-order chi connectivity index (χ1) is 19.3. The number of piperazine rings is 1. The molecule has 0 saturated carbocycles. The molecule has 3 fully saturated rings. The van der Waals surface area contributed by atoms with E-state index >= 15 is 0 Å². The molecule has 2 aromatic carbocycles. The van der Waals surface area contributed by atoms with Gasteiger partial charge in [-0.1, -0.05) is 0 Å². The second-order valence-corrected chi connectivity index (χ2v) is 9.79. The molecule has 4 heterocycles. The maximum atomic E-state index is 13.6. The molecule has 5 amide bonds. The number of nitrogens with zero attached hydrogens (tertiary/aromatic N) is 5. The Labute approximate surface area is 226 Å². The van der Waals surface area contributed by atoms with Gasteiger partial charge < -0.3 is 15.1 Å². The molecule has 3 aliphatic rings. The standard InChI is InChI=1S/C26H16F6N6O3/c27-25(28,29)13-6-14(26(30,31)32)8-15(7-13)35-23(40)36-11-16-9-19(36)21-22(39)38(24(41)37(16)21)18-4-3-12(10-33)20-17(18)2-1-5-34-20/h1-8,16,19,21H,9,11H2,(H,35,40)/t16-,19?,21-/m1/s1. The molecule has 9 nitrogen and oxygen atoms in total. The topological polar surface area (TPSA) is 110 Å². The van der Waals surface area contributed by atoms with Crippen molar-refractivity contribution in [3.8, 4) is 6.07 Å². The number of rotatable bonds is 2. The van der Waals surface area contributed by atoms with E-state index in [-0.39, 0.29) is 35.8 Å². The zero-order valence-corrected chi connectivity index (χ0v) is 20.5. The largest absolute Gasteiger partial charge is 0.416 e. The van der Waals surface area contributed by atoms with Crippen molar-refractivity contribution in [1.29, 1.82) is 5.26 Å². The highest BCUT2D eigenvalue weighted by atomic mass is 19.4. The molecule has 1 aromatic heterocycles. The SMILES string of the molecule is N#Cc1ccc(N2C(=O)[C@H]3C4C[C@H](CN4C(=O)Nc4cc(C(F)(F)F)cc(C(F)(F)F)c4)N3C2=O)c2cccnc12. The minimum Gasteiger partial charge on any atom is -0.317 e. The van der Waals surface area contributed by atoms with Gasteiger partial charge in [-0.25, -0.2) is 14.5 Å². The van der Waals surface area contributed by atoms with Crippen LogP contribution in [0.3, 0.4) is 0 Å². The van der Waals surface area contributed by atoms with Crippen molar-refractivity contribution in [1.82, 2.24) is 14.8 Å². The normalized spacial score (nSPS) is 22.0. The van der Waals surface area contributed by atoms with Crippen molar-refractivity contribution in [3.05, 3.63) is 65.4 Å². The molecule has 210 valence electrons. The van der Waals surface area contributed by atoms with Crippen LogP contribution in [0.25, 0.3) is 10.9 Å². The molecule has 0 radical (unpaired) electrons. The lowest BCUT2D eigenvalue weighted by Gasteiger charge is -2.34. The average Bonchev–Trinajstić information content (AvgIpc) is 3.58. The van der Waals surface area contributed by atoms with Crippen LogP contribution in [0.15, 0.2) is 48.7 Å². The van der Waals surface area contributed by atoms with E-state index in [4.69, 9.17) is 0 Å². The zero-order valence-electron chi connectivity index (χ0n) is 20.5. The fourth-order valence-electron chi connectivity index (χ4n) is 5.78. The number of imide groups is 1. The number of carbonyl (C=O) groups is 3. The van der Waals surface area contributed by atoms with Gasteiger partial charge in [0.25, 0.3) is 5.91 Å². The lowest BCUT2D eigenvalue weighted by Crippen LogP contribution is -2.55. The van der Waals surface area contributed by atoms with E-state index in [1.165, 1.54) is 23.2 Å². The molecule has 6 rings (SSSR count). The third kappa shape index (κ3) is 4.09. The van der Waals surface area contributed by atoms with Crippen LogP contribution < -0.4 is 10.2 Å². The number of hydrogen-bond acceptors (Lipinski definition) is 5. The number of fused-ring (bicyclic) bond motifs is 6. The molecule has 1 N–H and O–H groups in total. The minimum absolute atomic E-state index is 0.0505. The molecule has 2 bridgehead atoms. The molecule has 41 heavy (non-hydrogen) atoms. The van der Waals surface area contributed by atoms with Gasteiger partial charge in [-0.15, -0.1) is 0 Å². The van der Waals surface area contributed by atoms with Crippen LogP contribution in [0, 0.1) is 11.3 Å². The van der Waals surface area contributed by atoms with Gasteiger partial charge in [0, 0.05) is 23.8 Å². The third-order valence-electron chi connectivity index (χ3n) is 7.47. The smallest absolute Gasteiger partial charge is 0.317 e. The van der Waals surface area contributed by atoms with Gasteiger partial charge in [0.1, 0.15) is 12.1 Å². The Morgan fingerprint density at radius 3 is 2.34 bits per heavy atom. The fraction of sp³-hybridized carbons (Fsp3) is 0.269. The average molecular weight is 574 g/mol. The van der Waals surface area contributed by atoms with E-state index in [0.29, 0.717) is 17.5 Å². The van der Waals surface area contributed by atoms with E-state index in [1.54, 1.807) is 12.1 Å². The van der Waals surface area contributed by atoms with E-state index in [2.05, 4.69) is 10.3 Å². The third-order valence-corrected chi connectivity index (χ3v) is 7.47. The number of likely N-dealkylation sites (tertiary alicyclic amines) is 1. The summed E-state index contributed by atoms with van der Waals surface area (Å²) in [5.74, 6) is -0.659. The number of aromatic nitrogens is 1. The number of nitrogens with one attached hydrogen (secondary N) is 1. The van der Waals surface area contributed by atoms with Gasteiger partial charge >= 0.3 is 24.4 Å². The summed E-state index contributed by atoms with van der Waals surface area (Å²) in [5.41, 5.74) is -3.20. The molecular formula is C26H16F6N6O3. The number of amides is 5. The van der Waals surface area contributed by atoms with Gasteiger partial charge in [0.05, 0.1) is 40.0 Å². The second kappa shape index (κ2) is 8.82. The summed E-state index contributed by atoms with van der Waals surface area (Å²) in [6, 6.07) is 4.55. The Morgan fingerprint density at radius 2 is 1.71 bits per heavy atom. The number of pyridine rings is 1. The number of urea groups is 2. The predicted octanol–water partition coefficient (Wildman–Crippen LogP) is 4.97. The summed E-state index contributed by atoms with van der Waals surface area (Å²) in [4.78, 5) is 47.7. The van der Waals surface area contributed by atoms with Crippen LogP contribution in [0.5, 0.6) is 0 Å². The first-order valence-electron chi connectivity index (χ1n) is 12.1. The fourth-order valence-corrected chi connectivity index (χ4v) is 5.78. The van der Waals surface area contributed by atoms with Crippen molar-refractivity contribution < 1.29 is 40.7 Å². The van der Waals surface area contributed by atoms with Crippen LogP contribution in [0.2, 0.25) is 0 Å². The van der Waals surface area contributed by atoms with Crippen LogP contribution in [0.1, 0.15) is 23.1 Å². The summed E-state index contributed by atoms with van der Waals surface area (Å²) >= 11 is 0. The molecule has 1 unspecified atom stereocenters. The monoisotopic (exact) mass is 574 g/mol. The number of alkyl halides is 6. The Kier molecular flexibility index (Phi) is 5.67. The van der Waals surface area contributed by atoms with E-state index < -0.39 is 65.3 Å². The Hall–Kier alpha value is -4.87. The highest BCUT2D eigenvalue weighted by Crippen LogP contribution is 2.44. The summed E-state index contributed by atoms with van der Waals surface area (Å²) in [6.07, 6.45) is -8.54. The van der Waals surface area contributed by atoms with E-state index in [1.807, 2.05) is 6.07 Å². The van der Waals surface area contributed by atoms with Gasteiger partial charge in [0.2, 0.25) is 0 Å². The first-order valence-corrected chi connectivity index (χ1v) is 12.1. The van der Waals surface area contributed by atoms with Crippen LogP contribution in [0.4, 0.5) is 47.3 Å². The van der Waals surface area contributed by atoms with Gasteiger partial charge in [-0.2, -0.15) is 31.6 Å². The molecule has 3 atom stereocenters. The maximum Gasteiger partial charge on any atom is 0.416 e. The van der Waals surface area contributed by atoms with Gasteiger partial charge in [-0.3, -0.25) is 9.78 Å². The van der Waals surface area contributed by atoms with E-state index in [0.717, 1.165) is 9.80 Å². The number of hydrogen-bond donors (Lipinski definition) is 1. The highest BCUT2D eigenvalue weighted by Gasteiger charge is 2.63. The van der Waals surface area contributed by atoms with Gasteiger partial charge in [0.15, 0.2) is 0 Å². The van der Waals surface area contributed by atoms with Gasteiger partial charge in [-0.05, 0) is 48.9 Å². The summed E-state index contributed by atoms with van der Waals surface area (Å²) in [5, 5.41) is 11.9. The molecule has 3 saturated heterocycles. The lowest BCUT2D eigenvalue weighted by molar-refractivity contribution is -0.143. The van der Waals surface area contributed by atoms with Crippen molar-refractivity contribution >= 4 is 40.2 Å². The van der Waals surface area contributed by atoms with E-state index in [9.17, 15) is 46.0 Å².